The molecule has 0 aromatic carbocycles. The zero-order valence-electron chi connectivity index (χ0n) is 9.56. The zero-order chi connectivity index (χ0) is 14.3. The maximum atomic E-state index is 12.6. The number of hydrogen-bond donors (Lipinski definition) is 0. The van der Waals surface area contributed by atoms with Crippen molar-refractivity contribution >= 4 is 21.6 Å². The number of hydrogen-bond acceptors (Lipinski definition) is 4. The van der Waals surface area contributed by atoms with Crippen LogP contribution in [0.5, 0.6) is 0 Å². The predicted molar refractivity (Wildman–Crippen MR) is 59.9 cm³/mol. The number of nitrogens with zero attached hydrogens (tertiary/aromatic N) is 4. The average molecular weight is 319 g/mol. The molecule has 0 atom stereocenters. The van der Waals surface area contributed by atoms with Crippen LogP contribution in [0.15, 0.2) is 0 Å². The number of aromatic nitrogens is 3. The summed E-state index contributed by atoms with van der Waals surface area (Å²) in [6.07, 6.45) is -4.59. The van der Waals surface area contributed by atoms with Crippen molar-refractivity contribution in [3.63, 3.8) is 0 Å². The molecule has 2 rings (SSSR count). The molecule has 11 heteroatoms. The van der Waals surface area contributed by atoms with Gasteiger partial charge in [-0.05, 0) is 0 Å². The van der Waals surface area contributed by atoms with Crippen molar-refractivity contribution in [1.29, 1.82) is 0 Å². The van der Waals surface area contributed by atoms with E-state index in [-0.39, 0.29) is 37.1 Å². The van der Waals surface area contributed by atoms with Gasteiger partial charge in [0.2, 0.25) is 15.8 Å². The monoisotopic (exact) mass is 318 g/mol. The van der Waals surface area contributed by atoms with Gasteiger partial charge in [0.15, 0.2) is 0 Å². The number of sulfonamides is 1. The zero-order valence-corrected chi connectivity index (χ0v) is 11.1. The summed E-state index contributed by atoms with van der Waals surface area (Å²) in [7, 11) is -3.56. The van der Waals surface area contributed by atoms with Crippen LogP contribution in [0.2, 0.25) is 0 Å². The van der Waals surface area contributed by atoms with Crippen LogP contribution >= 0.6 is 11.6 Å². The van der Waals surface area contributed by atoms with Crippen molar-refractivity contribution in [2.45, 2.75) is 19.3 Å². The lowest BCUT2D eigenvalue weighted by atomic mass is 10.4. The number of rotatable bonds is 3. The first-order chi connectivity index (χ1) is 8.75. The van der Waals surface area contributed by atoms with Gasteiger partial charge >= 0.3 is 6.18 Å². The van der Waals surface area contributed by atoms with Gasteiger partial charge in [0.1, 0.15) is 5.82 Å². The Morgan fingerprint density at radius 1 is 1.26 bits per heavy atom. The van der Waals surface area contributed by atoms with E-state index in [0.29, 0.717) is 0 Å². The highest BCUT2D eigenvalue weighted by atomic mass is 35.5. The molecule has 0 amide bonds. The highest BCUT2D eigenvalue weighted by Crippen LogP contribution is 2.29. The highest BCUT2D eigenvalue weighted by Gasteiger charge is 2.40. The SMILES string of the molecule is O=S(=O)(CCCl)N1CCn2c(nnc2C(F)(F)F)C1. The van der Waals surface area contributed by atoms with Crippen LogP contribution in [0.25, 0.3) is 0 Å². The van der Waals surface area contributed by atoms with Crippen LogP contribution < -0.4 is 0 Å². The van der Waals surface area contributed by atoms with Gasteiger partial charge in [-0.15, -0.1) is 21.8 Å². The molecule has 1 aromatic rings. The molecular formula is C8H10ClF3N4O2S. The van der Waals surface area contributed by atoms with Gasteiger partial charge in [-0.25, -0.2) is 8.42 Å². The number of fused-ring (bicyclic) bond motifs is 1. The topological polar surface area (TPSA) is 68.1 Å². The van der Waals surface area contributed by atoms with Gasteiger partial charge in [0.25, 0.3) is 0 Å². The van der Waals surface area contributed by atoms with Crippen LogP contribution in [0.3, 0.4) is 0 Å². The van der Waals surface area contributed by atoms with Gasteiger partial charge in [-0.2, -0.15) is 17.5 Å². The molecule has 0 aliphatic carbocycles. The van der Waals surface area contributed by atoms with Crippen molar-refractivity contribution in [2.24, 2.45) is 0 Å². The van der Waals surface area contributed by atoms with E-state index in [0.717, 1.165) is 8.87 Å². The van der Waals surface area contributed by atoms with Crippen LogP contribution in [0.4, 0.5) is 13.2 Å². The Labute approximate surface area is 112 Å². The lowest BCUT2D eigenvalue weighted by Crippen LogP contribution is -2.40. The second-order valence-corrected chi connectivity index (χ2v) is 6.39. The first kappa shape index (κ1) is 14.5. The lowest BCUT2D eigenvalue weighted by Gasteiger charge is -2.27. The molecule has 0 fully saturated rings. The normalized spacial score (nSPS) is 17.5. The van der Waals surface area contributed by atoms with Crippen molar-refractivity contribution in [2.75, 3.05) is 18.2 Å². The molecule has 0 bridgehead atoms. The second-order valence-electron chi connectivity index (χ2n) is 3.93. The maximum absolute atomic E-state index is 12.6. The van der Waals surface area contributed by atoms with Gasteiger partial charge in [-0.1, -0.05) is 0 Å². The summed E-state index contributed by atoms with van der Waals surface area (Å²) >= 11 is 5.38. The Kier molecular flexibility index (Phi) is 3.76. The molecule has 1 aromatic heterocycles. The van der Waals surface area contributed by atoms with Crippen molar-refractivity contribution in [3.8, 4) is 0 Å². The average Bonchev–Trinajstić information content (AvgIpc) is 2.70. The van der Waals surface area contributed by atoms with Crippen LogP contribution in [0, 0.1) is 0 Å². The molecule has 0 N–H and O–H groups in total. The third-order valence-corrected chi connectivity index (χ3v) is 4.93. The summed E-state index contributed by atoms with van der Waals surface area (Å²) in [5.74, 6) is -1.44. The Bertz CT molecular complexity index is 571. The van der Waals surface area contributed by atoms with E-state index in [4.69, 9.17) is 11.6 Å². The summed E-state index contributed by atoms with van der Waals surface area (Å²) in [6.45, 7) is -0.395. The molecule has 1 aliphatic heterocycles. The molecule has 108 valence electrons. The van der Waals surface area contributed by atoms with Crippen LogP contribution in [-0.2, 0) is 29.3 Å². The summed E-state index contributed by atoms with van der Waals surface area (Å²) in [5, 5.41) is 6.47. The molecule has 0 saturated heterocycles. The molecule has 0 unspecified atom stereocenters. The van der Waals surface area contributed by atoms with E-state index in [2.05, 4.69) is 10.2 Å². The van der Waals surface area contributed by atoms with E-state index in [1.165, 1.54) is 0 Å². The van der Waals surface area contributed by atoms with E-state index in [9.17, 15) is 21.6 Å². The number of halogens is 4. The van der Waals surface area contributed by atoms with E-state index >= 15 is 0 Å². The predicted octanol–water partition coefficient (Wildman–Crippen LogP) is 0.681. The Balaban J connectivity index is 2.25. The molecule has 0 spiro atoms. The fourth-order valence-corrected chi connectivity index (χ4v) is 3.52. The van der Waals surface area contributed by atoms with Gasteiger partial charge in [-0.3, -0.25) is 0 Å². The van der Waals surface area contributed by atoms with E-state index < -0.39 is 22.0 Å². The van der Waals surface area contributed by atoms with Gasteiger partial charge < -0.3 is 4.57 Å². The summed E-state index contributed by atoms with van der Waals surface area (Å²) in [4.78, 5) is 0. The first-order valence-corrected chi connectivity index (χ1v) is 7.43. The minimum atomic E-state index is -4.59. The van der Waals surface area contributed by atoms with Gasteiger partial charge in [0.05, 0.1) is 12.3 Å². The molecular weight excluding hydrogens is 309 g/mol. The minimum absolute atomic E-state index is 0.0169. The van der Waals surface area contributed by atoms with E-state index in [1.807, 2.05) is 0 Å². The van der Waals surface area contributed by atoms with Crippen LogP contribution in [0.1, 0.15) is 11.6 Å². The largest absolute Gasteiger partial charge is 0.451 e. The molecule has 6 nitrogen and oxygen atoms in total. The quantitative estimate of drug-likeness (QED) is 0.769. The maximum Gasteiger partial charge on any atom is 0.451 e. The summed E-state index contributed by atoms with van der Waals surface area (Å²) < 4.78 is 63.3. The molecule has 0 saturated carbocycles. The Morgan fingerprint density at radius 2 is 1.95 bits per heavy atom. The Hall–Kier alpha value is -0.870. The molecule has 19 heavy (non-hydrogen) atoms. The highest BCUT2D eigenvalue weighted by molar-refractivity contribution is 7.89. The minimum Gasteiger partial charge on any atom is -0.305 e. The van der Waals surface area contributed by atoms with Crippen molar-refractivity contribution < 1.29 is 21.6 Å². The van der Waals surface area contributed by atoms with E-state index in [1.54, 1.807) is 0 Å². The van der Waals surface area contributed by atoms with Crippen molar-refractivity contribution in [3.05, 3.63) is 11.6 Å². The first-order valence-electron chi connectivity index (χ1n) is 5.29. The standard InChI is InChI=1S/C8H10ClF3N4O2S/c9-1-4-19(17,18)15-2-3-16-6(5-15)13-14-7(16)8(10,11)12/h1-5H2. The lowest BCUT2D eigenvalue weighted by molar-refractivity contribution is -0.147. The summed E-state index contributed by atoms with van der Waals surface area (Å²) in [6, 6.07) is 0. The van der Waals surface area contributed by atoms with Crippen molar-refractivity contribution in [1.82, 2.24) is 19.1 Å². The molecule has 0 radical (unpaired) electrons. The second kappa shape index (κ2) is 4.91. The van der Waals surface area contributed by atoms with Crippen LogP contribution in [-0.4, -0.2) is 45.7 Å². The smallest absolute Gasteiger partial charge is 0.305 e. The summed E-state index contributed by atoms with van der Waals surface area (Å²) in [5.41, 5.74) is 0. The van der Waals surface area contributed by atoms with Gasteiger partial charge in [0, 0.05) is 19.0 Å². The molecule has 2 heterocycles. The fourth-order valence-electron chi connectivity index (χ4n) is 1.81. The molecule has 1 aliphatic rings. The third-order valence-electron chi connectivity index (χ3n) is 2.70. The Morgan fingerprint density at radius 3 is 2.53 bits per heavy atom. The third kappa shape index (κ3) is 2.84. The fraction of sp³-hybridized carbons (Fsp3) is 0.750. The number of alkyl halides is 4.